The van der Waals surface area contributed by atoms with E-state index in [1.807, 2.05) is 37.4 Å². The number of fused-ring (bicyclic) bond motifs is 1. The molecule has 0 saturated heterocycles. The topological polar surface area (TPSA) is 40.5 Å². The molecule has 5 heteroatoms. The fourth-order valence-corrected chi connectivity index (χ4v) is 3.13. The summed E-state index contributed by atoms with van der Waals surface area (Å²) in [5.41, 5.74) is 8.10. The molecule has 1 N–H and O–H groups in total. The number of aromatic nitrogens is 1. The van der Waals surface area contributed by atoms with Crippen LogP contribution in [0.2, 0.25) is 5.02 Å². The van der Waals surface area contributed by atoms with E-state index in [1.165, 1.54) is 5.69 Å². The van der Waals surface area contributed by atoms with Crippen molar-refractivity contribution in [3.63, 3.8) is 0 Å². The van der Waals surface area contributed by atoms with Crippen LogP contribution in [0.1, 0.15) is 25.1 Å². The average Bonchev–Trinajstić information content (AvgIpc) is 2.63. The minimum Gasteiger partial charge on any atom is -0.372 e. The predicted octanol–water partition coefficient (Wildman–Crippen LogP) is 5.49. The van der Waals surface area contributed by atoms with Gasteiger partial charge in [-0.3, -0.25) is 10.4 Å². The molecule has 0 fully saturated rings. The number of benzene rings is 2. The third-order valence-electron chi connectivity index (χ3n) is 4.32. The standard InChI is InChI=1S/C21H23ClN4/c1-4-26(5-2)18-9-6-16(7-10-18)14-23-25-21-12-15(3)24-20-13-17(22)8-11-19(20)21/h6-14H,4-5H2,1-3H3,(H,24,25)/b23-14+. The van der Waals surface area contributed by atoms with E-state index < -0.39 is 0 Å². The van der Waals surface area contributed by atoms with Gasteiger partial charge in [-0.2, -0.15) is 5.10 Å². The molecule has 2 aromatic carbocycles. The average molecular weight is 367 g/mol. The Bertz CT molecular complexity index is 910. The molecule has 1 heterocycles. The molecule has 0 aliphatic carbocycles. The summed E-state index contributed by atoms with van der Waals surface area (Å²) in [4.78, 5) is 6.84. The Hall–Kier alpha value is -2.59. The highest BCUT2D eigenvalue weighted by Gasteiger charge is 2.04. The fourth-order valence-electron chi connectivity index (χ4n) is 2.96. The van der Waals surface area contributed by atoms with Crippen LogP contribution in [-0.4, -0.2) is 24.3 Å². The van der Waals surface area contributed by atoms with Gasteiger partial charge in [-0.15, -0.1) is 0 Å². The van der Waals surface area contributed by atoms with Crippen LogP contribution in [0.4, 0.5) is 11.4 Å². The maximum Gasteiger partial charge on any atom is 0.0741 e. The molecule has 134 valence electrons. The highest BCUT2D eigenvalue weighted by atomic mass is 35.5. The highest BCUT2D eigenvalue weighted by molar-refractivity contribution is 6.31. The van der Waals surface area contributed by atoms with Crippen LogP contribution in [0.15, 0.2) is 53.6 Å². The molecule has 0 unspecified atom stereocenters. The van der Waals surface area contributed by atoms with E-state index in [9.17, 15) is 0 Å². The Balaban J connectivity index is 1.77. The van der Waals surface area contributed by atoms with Crippen LogP contribution in [-0.2, 0) is 0 Å². The molecular weight excluding hydrogens is 344 g/mol. The fraction of sp³-hybridized carbons (Fsp3) is 0.238. The maximum absolute atomic E-state index is 6.07. The van der Waals surface area contributed by atoms with Gasteiger partial charge in [0.2, 0.25) is 0 Å². The van der Waals surface area contributed by atoms with Crippen molar-refractivity contribution < 1.29 is 0 Å². The van der Waals surface area contributed by atoms with Crippen molar-refractivity contribution in [1.82, 2.24) is 4.98 Å². The van der Waals surface area contributed by atoms with Crippen LogP contribution >= 0.6 is 11.6 Å². The third-order valence-corrected chi connectivity index (χ3v) is 4.56. The number of halogens is 1. The van der Waals surface area contributed by atoms with Crippen LogP contribution in [0.25, 0.3) is 10.9 Å². The number of hydrogen-bond acceptors (Lipinski definition) is 4. The van der Waals surface area contributed by atoms with Crippen LogP contribution in [0.3, 0.4) is 0 Å². The molecule has 0 saturated carbocycles. The molecular formula is C21H23ClN4. The first-order valence-electron chi connectivity index (χ1n) is 8.81. The SMILES string of the molecule is CCN(CC)c1ccc(/C=N/Nc2cc(C)nc3cc(Cl)ccc23)cc1. The van der Waals surface area contributed by atoms with Gasteiger partial charge in [-0.1, -0.05) is 23.7 Å². The van der Waals surface area contributed by atoms with Crippen molar-refractivity contribution in [3.05, 3.63) is 64.8 Å². The quantitative estimate of drug-likeness (QED) is 0.463. The van der Waals surface area contributed by atoms with Crippen LogP contribution < -0.4 is 10.3 Å². The predicted molar refractivity (Wildman–Crippen MR) is 113 cm³/mol. The zero-order valence-corrected chi connectivity index (χ0v) is 16.1. The normalized spacial score (nSPS) is 11.2. The van der Waals surface area contributed by atoms with E-state index >= 15 is 0 Å². The van der Waals surface area contributed by atoms with Gasteiger partial charge in [0.05, 0.1) is 17.4 Å². The van der Waals surface area contributed by atoms with Crippen molar-refractivity contribution in [3.8, 4) is 0 Å². The lowest BCUT2D eigenvalue weighted by Crippen LogP contribution is -2.21. The molecule has 3 aromatic rings. The van der Waals surface area contributed by atoms with E-state index in [0.29, 0.717) is 5.02 Å². The second-order valence-corrected chi connectivity index (χ2v) is 6.54. The van der Waals surface area contributed by atoms with Crippen molar-refractivity contribution in [2.45, 2.75) is 20.8 Å². The number of hydrogen-bond donors (Lipinski definition) is 1. The zero-order valence-electron chi connectivity index (χ0n) is 15.3. The number of nitrogens with zero attached hydrogens (tertiary/aromatic N) is 3. The minimum atomic E-state index is 0.679. The van der Waals surface area contributed by atoms with Crippen LogP contribution in [0.5, 0.6) is 0 Å². The summed E-state index contributed by atoms with van der Waals surface area (Å²) in [6.07, 6.45) is 1.82. The molecule has 0 atom stereocenters. The van der Waals surface area contributed by atoms with E-state index in [4.69, 9.17) is 11.6 Å². The molecule has 0 amide bonds. The number of hydrazone groups is 1. The lowest BCUT2D eigenvalue weighted by Gasteiger charge is -2.20. The monoisotopic (exact) mass is 366 g/mol. The van der Waals surface area contributed by atoms with Gasteiger partial charge in [-0.25, -0.2) is 0 Å². The molecule has 1 aromatic heterocycles. The lowest BCUT2D eigenvalue weighted by molar-refractivity contribution is 0.866. The Kier molecular flexibility index (Phi) is 5.74. The van der Waals surface area contributed by atoms with Gasteiger partial charge in [0.25, 0.3) is 0 Å². The van der Waals surface area contributed by atoms with Gasteiger partial charge < -0.3 is 4.90 Å². The smallest absolute Gasteiger partial charge is 0.0741 e. The van der Waals surface area contributed by atoms with E-state index in [2.05, 4.69) is 58.5 Å². The molecule has 0 radical (unpaired) electrons. The summed E-state index contributed by atoms with van der Waals surface area (Å²) in [6, 6.07) is 16.1. The second-order valence-electron chi connectivity index (χ2n) is 6.11. The second kappa shape index (κ2) is 8.19. The van der Waals surface area contributed by atoms with E-state index in [1.54, 1.807) is 0 Å². The Labute approximate surface area is 159 Å². The van der Waals surface area contributed by atoms with Gasteiger partial charge in [0.1, 0.15) is 0 Å². The Morgan fingerprint density at radius 3 is 2.50 bits per heavy atom. The van der Waals surface area contributed by atoms with Crippen molar-refractivity contribution in [1.29, 1.82) is 0 Å². The number of nitrogens with one attached hydrogen (secondary N) is 1. The van der Waals surface area contributed by atoms with E-state index in [-0.39, 0.29) is 0 Å². The molecule has 0 aliphatic rings. The lowest BCUT2D eigenvalue weighted by atomic mass is 10.1. The number of pyridine rings is 1. The van der Waals surface area contributed by atoms with Crippen molar-refractivity contribution >= 4 is 40.1 Å². The Morgan fingerprint density at radius 1 is 1.08 bits per heavy atom. The number of aryl methyl sites for hydroxylation is 1. The molecule has 4 nitrogen and oxygen atoms in total. The van der Waals surface area contributed by atoms with Gasteiger partial charge in [0, 0.05) is 34.9 Å². The largest absolute Gasteiger partial charge is 0.372 e. The highest BCUT2D eigenvalue weighted by Crippen LogP contribution is 2.25. The Morgan fingerprint density at radius 2 is 1.81 bits per heavy atom. The van der Waals surface area contributed by atoms with Gasteiger partial charge in [0.15, 0.2) is 0 Å². The van der Waals surface area contributed by atoms with Crippen molar-refractivity contribution in [2.24, 2.45) is 5.10 Å². The number of anilines is 2. The summed E-state index contributed by atoms with van der Waals surface area (Å²) < 4.78 is 0. The summed E-state index contributed by atoms with van der Waals surface area (Å²) in [5, 5.41) is 6.06. The molecule has 3 rings (SSSR count). The van der Waals surface area contributed by atoms with Crippen molar-refractivity contribution in [2.75, 3.05) is 23.4 Å². The summed E-state index contributed by atoms with van der Waals surface area (Å²) >= 11 is 6.07. The summed E-state index contributed by atoms with van der Waals surface area (Å²) in [5.74, 6) is 0. The zero-order chi connectivity index (χ0) is 18.5. The molecule has 0 aliphatic heterocycles. The van der Waals surface area contributed by atoms with Gasteiger partial charge >= 0.3 is 0 Å². The molecule has 0 bridgehead atoms. The first-order chi connectivity index (χ1) is 12.6. The first-order valence-corrected chi connectivity index (χ1v) is 9.19. The van der Waals surface area contributed by atoms with E-state index in [0.717, 1.165) is 40.9 Å². The maximum atomic E-state index is 6.07. The molecule has 26 heavy (non-hydrogen) atoms. The first kappa shape index (κ1) is 18.2. The third kappa shape index (κ3) is 4.14. The van der Waals surface area contributed by atoms with Crippen LogP contribution in [0, 0.1) is 6.92 Å². The minimum absolute atomic E-state index is 0.679. The van der Waals surface area contributed by atoms with Gasteiger partial charge in [-0.05, 0) is 62.7 Å². The summed E-state index contributed by atoms with van der Waals surface area (Å²) in [6.45, 7) is 8.29. The number of rotatable bonds is 6. The molecule has 0 spiro atoms. The summed E-state index contributed by atoms with van der Waals surface area (Å²) in [7, 11) is 0.